The van der Waals surface area contributed by atoms with Crippen molar-refractivity contribution in [1.29, 1.82) is 0 Å². The number of fused-ring (bicyclic) bond motifs is 1. The average Bonchev–Trinajstić information content (AvgIpc) is 3.33. The standard InChI is InChI=1S/C23H22FN5O3S/c1-14-13-32-10-9-29(14)20-11-17(15-3-5-16(6-4-15)33(2,30)31)21-18(24)12-25-22(23(21)27-20)19-7-8-26-28-19/h3-8,11-12,14H,9-10,13H2,1-2H3,(H,26,28)/t14-/m1/s1. The molecule has 0 unspecified atom stereocenters. The molecule has 1 fully saturated rings. The third-order valence-corrected chi connectivity index (χ3v) is 6.92. The van der Waals surface area contributed by atoms with Gasteiger partial charge in [-0.25, -0.2) is 22.8 Å². The van der Waals surface area contributed by atoms with E-state index in [1.54, 1.807) is 24.4 Å². The molecule has 4 aromatic rings. The average molecular weight is 468 g/mol. The fraction of sp³-hybridized carbons (Fsp3) is 0.261. The summed E-state index contributed by atoms with van der Waals surface area (Å²) in [5, 5.41) is 7.19. The molecule has 0 radical (unpaired) electrons. The highest BCUT2D eigenvalue weighted by atomic mass is 32.2. The van der Waals surface area contributed by atoms with Gasteiger partial charge in [0.1, 0.15) is 17.0 Å². The van der Waals surface area contributed by atoms with E-state index in [0.717, 1.165) is 6.26 Å². The van der Waals surface area contributed by atoms with Crippen molar-refractivity contribution in [3.8, 4) is 22.5 Å². The largest absolute Gasteiger partial charge is 0.377 e. The molecule has 0 spiro atoms. The Bertz CT molecular complexity index is 1420. The van der Waals surface area contributed by atoms with Crippen LogP contribution in [0.4, 0.5) is 10.2 Å². The molecule has 0 bridgehead atoms. The molecule has 1 aliphatic rings. The maximum absolute atomic E-state index is 15.2. The van der Waals surface area contributed by atoms with Crippen LogP contribution < -0.4 is 4.90 Å². The Morgan fingerprint density at radius 3 is 2.67 bits per heavy atom. The van der Waals surface area contributed by atoms with Gasteiger partial charge in [0.25, 0.3) is 0 Å². The van der Waals surface area contributed by atoms with E-state index in [0.29, 0.717) is 59.0 Å². The second kappa shape index (κ2) is 8.20. The number of aromatic nitrogens is 4. The second-order valence-electron chi connectivity index (χ2n) is 8.09. The fourth-order valence-electron chi connectivity index (χ4n) is 4.10. The first-order valence-corrected chi connectivity index (χ1v) is 12.4. The molecule has 0 saturated carbocycles. The lowest BCUT2D eigenvalue weighted by molar-refractivity contribution is 0.0986. The molecule has 170 valence electrons. The van der Waals surface area contributed by atoms with Gasteiger partial charge in [-0.15, -0.1) is 0 Å². The van der Waals surface area contributed by atoms with E-state index in [-0.39, 0.29) is 10.9 Å². The molecule has 1 atom stereocenters. The van der Waals surface area contributed by atoms with Crippen molar-refractivity contribution < 1.29 is 17.5 Å². The predicted molar refractivity (Wildman–Crippen MR) is 123 cm³/mol. The van der Waals surface area contributed by atoms with Crippen LogP contribution >= 0.6 is 0 Å². The van der Waals surface area contributed by atoms with Crippen molar-refractivity contribution >= 4 is 26.6 Å². The number of pyridine rings is 2. The van der Waals surface area contributed by atoms with Crippen molar-refractivity contribution in [3.63, 3.8) is 0 Å². The highest BCUT2D eigenvalue weighted by Gasteiger charge is 2.24. The van der Waals surface area contributed by atoms with Crippen LogP contribution in [0.1, 0.15) is 6.92 Å². The summed E-state index contributed by atoms with van der Waals surface area (Å²) in [6.45, 7) is 3.82. The summed E-state index contributed by atoms with van der Waals surface area (Å²) in [4.78, 5) is 11.5. The van der Waals surface area contributed by atoms with Crippen molar-refractivity contribution in [2.24, 2.45) is 0 Å². The number of halogens is 1. The molecular formula is C23H22FN5O3S. The van der Waals surface area contributed by atoms with Gasteiger partial charge in [-0.1, -0.05) is 12.1 Å². The number of sulfone groups is 1. The molecule has 1 aliphatic heterocycles. The molecule has 33 heavy (non-hydrogen) atoms. The van der Waals surface area contributed by atoms with Crippen molar-refractivity contribution in [1.82, 2.24) is 20.2 Å². The van der Waals surface area contributed by atoms with Gasteiger partial charge < -0.3 is 9.64 Å². The number of ether oxygens (including phenoxy) is 1. The molecular weight excluding hydrogens is 445 g/mol. The number of H-pyrrole nitrogens is 1. The summed E-state index contributed by atoms with van der Waals surface area (Å²) in [7, 11) is -3.35. The van der Waals surface area contributed by atoms with Crippen LogP contribution in [0.2, 0.25) is 0 Å². The summed E-state index contributed by atoms with van der Waals surface area (Å²) >= 11 is 0. The van der Waals surface area contributed by atoms with Crippen LogP contribution in [0.15, 0.2) is 53.7 Å². The van der Waals surface area contributed by atoms with Gasteiger partial charge >= 0.3 is 0 Å². The van der Waals surface area contributed by atoms with Gasteiger partial charge in [-0.3, -0.25) is 5.10 Å². The van der Waals surface area contributed by atoms with E-state index in [1.807, 2.05) is 13.0 Å². The third kappa shape index (κ3) is 3.96. The highest BCUT2D eigenvalue weighted by Crippen LogP contribution is 2.37. The number of morpholine rings is 1. The zero-order valence-electron chi connectivity index (χ0n) is 18.1. The number of hydrogen-bond acceptors (Lipinski definition) is 7. The van der Waals surface area contributed by atoms with Gasteiger partial charge in [0.2, 0.25) is 0 Å². The molecule has 3 aromatic heterocycles. The Hall–Kier alpha value is -3.37. The Labute approximate surface area is 190 Å². The van der Waals surface area contributed by atoms with E-state index in [2.05, 4.69) is 20.1 Å². The maximum Gasteiger partial charge on any atom is 0.175 e. The number of nitrogens with zero attached hydrogens (tertiary/aromatic N) is 4. The number of nitrogens with one attached hydrogen (secondary N) is 1. The second-order valence-corrected chi connectivity index (χ2v) is 10.1. The lowest BCUT2D eigenvalue weighted by Gasteiger charge is -2.34. The Kier molecular flexibility index (Phi) is 5.34. The molecule has 8 nitrogen and oxygen atoms in total. The van der Waals surface area contributed by atoms with E-state index in [1.165, 1.54) is 18.3 Å². The predicted octanol–water partition coefficient (Wildman–Crippen LogP) is 3.45. The molecule has 1 N–H and O–H groups in total. The first-order chi connectivity index (χ1) is 15.8. The first kappa shape index (κ1) is 21.5. The Morgan fingerprint density at radius 2 is 2.00 bits per heavy atom. The monoisotopic (exact) mass is 467 g/mol. The SMILES string of the molecule is C[C@@H]1COCCN1c1cc(-c2ccc(S(C)(=O)=O)cc2)c2c(F)cnc(-c3ccn[nH]3)c2n1. The molecule has 1 saturated heterocycles. The van der Waals surface area contributed by atoms with Crippen molar-refractivity contribution in [2.75, 3.05) is 30.9 Å². The van der Waals surface area contributed by atoms with Crippen LogP contribution in [0.3, 0.4) is 0 Å². The lowest BCUT2D eigenvalue weighted by Crippen LogP contribution is -2.44. The van der Waals surface area contributed by atoms with E-state index < -0.39 is 15.7 Å². The van der Waals surface area contributed by atoms with Crippen LogP contribution in [-0.4, -0.2) is 60.6 Å². The van der Waals surface area contributed by atoms with Gasteiger partial charge in [0, 0.05) is 24.4 Å². The van der Waals surface area contributed by atoms with E-state index in [4.69, 9.17) is 9.72 Å². The normalized spacial score (nSPS) is 16.9. The van der Waals surface area contributed by atoms with Crippen molar-refractivity contribution in [3.05, 3.63) is 54.6 Å². The van der Waals surface area contributed by atoms with Crippen LogP contribution in [-0.2, 0) is 14.6 Å². The number of aromatic amines is 1. The molecule has 5 rings (SSSR count). The summed E-state index contributed by atoms with van der Waals surface area (Å²) in [5.74, 6) is 0.165. The highest BCUT2D eigenvalue weighted by molar-refractivity contribution is 7.90. The van der Waals surface area contributed by atoms with Gasteiger partial charge in [-0.05, 0) is 42.3 Å². The quantitative estimate of drug-likeness (QED) is 0.491. The van der Waals surface area contributed by atoms with Crippen LogP contribution in [0.5, 0.6) is 0 Å². The Morgan fingerprint density at radius 1 is 1.21 bits per heavy atom. The van der Waals surface area contributed by atoms with Crippen molar-refractivity contribution in [2.45, 2.75) is 17.9 Å². The maximum atomic E-state index is 15.2. The Balaban J connectivity index is 1.79. The smallest absolute Gasteiger partial charge is 0.175 e. The van der Waals surface area contributed by atoms with Crippen LogP contribution in [0.25, 0.3) is 33.4 Å². The zero-order valence-corrected chi connectivity index (χ0v) is 18.9. The molecule has 4 heterocycles. The summed E-state index contributed by atoms with van der Waals surface area (Å²) < 4.78 is 44.6. The van der Waals surface area contributed by atoms with E-state index in [9.17, 15) is 8.42 Å². The number of benzene rings is 1. The minimum Gasteiger partial charge on any atom is -0.377 e. The number of rotatable bonds is 4. The molecule has 1 aromatic carbocycles. The summed E-state index contributed by atoms with van der Waals surface area (Å²) in [6.07, 6.45) is 3.93. The summed E-state index contributed by atoms with van der Waals surface area (Å²) in [5.41, 5.74) is 2.79. The van der Waals surface area contributed by atoms with Gasteiger partial charge in [0.15, 0.2) is 15.7 Å². The fourth-order valence-corrected chi connectivity index (χ4v) is 4.73. The number of hydrogen-bond donors (Lipinski definition) is 1. The summed E-state index contributed by atoms with van der Waals surface area (Å²) in [6, 6.07) is 10.1. The number of anilines is 1. The molecule has 0 aliphatic carbocycles. The minimum absolute atomic E-state index is 0.0845. The first-order valence-electron chi connectivity index (χ1n) is 10.5. The van der Waals surface area contributed by atoms with Crippen LogP contribution in [0, 0.1) is 5.82 Å². The zero-order chi connectivity index (χ0) is 23.2. The third-order valence-electron chi connectivity index (χ3n) is 5.79. The lowest BCUT2D eigenvalue weighted by atomic mass is 9.99. The molecule has 0 amide bonds. The minimum atomic E-state index is -3.35. The van der Waals surface area contributed by atoms with E-state index >= 15 is 4.39 Å². The van der Waals surface area contributed by atoms with Gasteiger partial charge in [0.05, 0.1) is 36.0 Å². The molecule has 10 heteroatoms. The topological polar surface area (TPSA) is 101 Å². The van der Waals surface area contributed by atoms with Gasteiger partial charge in [-0.2, -0.15) is 5.10 Å².